The molecule has 0 aliphatic rings. The molecule has 20 heavy (non-hydrogen) atoms. The molecule has 0 aliphatic heterocycles. The van der Waals surface area contributed by atoms with Crippen molar-refractivity contribution in [2.24, 2.45) is 0 Å². The fourth-order valence-corrected chi connectivity index (χ4v) is 2.44. The van der Waals surface area contributed by atoms with Crippen molar-refractivity contribution < 1.29 is 0 Å². The molecular formula is C17H21ClN2. The summed E-state index contributed by atoms with van der Waals surface area (Å²) >= 11 is 5.91. The highest BCUT2D eigenvalue weighted by Crippen LogP contribution is 2.13. The molecule has 0 atom stereocenters. The van der Waals surface area contributed by atoms with Gasteiger partial charge in [-0.25, -0.2) is 0 Å². The Labute approximate surface area is 126 Å². The minimum absolute atomic E-state index is 0.788. The van der Waals surface area contributed by atoms with Crippen LogP contribution in [0.15, 0.2) is 48.5 Å². The second-order valence-electron chi connectivity index (χ2n) is 5.15. The van der Waals surface area contributed by atoms with Crippen LogP contribution in [0.1, 0.15) is 16.7 Å². The molecule has 0 heterocycles. The standard InChI is InChI=1S/C17H21ClN2/c1-19-11-15-4-3-5-16(10-15)13-20(2)12-14-6-8-17(18)9-7-14/h3-10,19H,11-13H2,1-2H3. The van der Waals surface area contributed by atoms with E-state index in [9.17, 15) is 0 Å². The van der Waals surface area contributed by atoms with E-state index in [1.165, 1.54) is 16.7 Å². The van der Waals surface area contributed by atoms with Gasteiger partial charge in [-0.05, 0) is 42.9 Å². The van der Waals surface area contributed by atoms with E-state index in [1.54, 1.807) is 0 Å². The normalized spacial score (nSPS) is 11.0. The predicted molar refractivity (Wildman–Crippen MR) is 85.8 cm³/mol. The summed E-state index contributed by atoms with van der Waals surface area (Å²) in [6, 6.07) is 16.8. The molecule has 2 rings (SSSR count). The van der Waals surface area contributed by atoms with Gasteiger partial charge in [-0.3, -0.25) is 4.90 Å². The maximum absolute atomic E-state index is 5.91. The van der Waals surface area contributed by atoms with Gasteiger partial charge in [0.1, 0.15) is 0 Å². The zero-order valence-corrected chi connectivity index (χ0v) is 12.8. The first-order valence-electron chi connectivity index (χ1n) is 6.83. The highest BCUT2D eigenvalue weighted by molar-refractivity contribution is 6.30. The van der Waals surface area contributed by atoms with E-state index in [1.807, 2.05) is 19.2 Å². The molecule has 0 fully saturated rings. The van der Waals surface area contributed by atoms with Gasteiger partial charge in [-0.15, -0.1) is 0 Å². The largest absolute Gasteiger partial charge is 0.316 e. The summed E-state index contributed by atoms with van der Waals surface area (Å²) in [6.45, 7) is 2.78. The maximum Gasteiger partial charge on any atom is 0.0406 e. The third kappa shape index (κ3) is 4.64. The van der Waals surface area contributed by atoms with E-state index in [2.05, 4.69) is 53.7 Å². The molecule has 0 saturated heterocycles. The van der Waals surface area contributed by atoms with E-state index in [-0.39, 0.29) is 0 Å². The fourth-order valence-electron chi connectivity index (χ4n) is 2.31. The number of hydrogen-bond acceptors (Lipinski definition) is 2. The molecule has 106 valence electrons. The molecule has 1 N–H and O–H groups in total. The zero-order valence-electron chi connectivity index (χ0n) is 12.1. The van der Waals surface area contributed by atoms with Crippen molar-refractivity contribution >= 4 is 11.6 Å². The van der Waals surface area contributed by atoms with Gasteiger partial charge in [0.25, 0.3) is 0 Å². The Balaban J connectivity index is 1.95. The topological polar surface area (TPSA) is 15.3 Å². The van der Waals surface area contributed by atoms with E-state index in [0.29, 0.717) is 0 Å². The Morgan fingerprint density at radius 1 is 0.950 bits per heavy atom. The predicted octanol–water partition coefficient (Wildman–Crippen LogP) is 3.69. The molecular weight excluding hydrogens is 268 g/mol. The third-order valence-corrected chi connectivity index (χ3v) is 3.44. The summed E-state index contributed by atoms with van der Waals surface area (Å²) < 4.78 is 0. The van der Waals surface area contributed by atoms with Gasteiger partial charge in [-0.2, -0.15) is 0 Å². The average molecular weight is 289 g/mol. The molecule has 2 aromatic rings. The third-order valence-electron chi connectivity index (χ3n) is 3.19. The lowest BCUT2D eigenvalue weighted by atomic mass is 10.1. The highest BCUT2D eigenvalue weighted by Gasteiger charge is 2.03. The van der Waals surface area contributed by atoms with Crippen molar-refractivity contribution in [2.45, 2.75) is 19.6 Å². The van der Waals surface area contributed by atoms with Crippen molar-refractivity contribution in [1.29, 1.82) is 0 Å². The van der Waals surface area contributed by atoms with E-state index in [0.717, 1.165) is 24.7 Å². The van der Waals surface area contributed by atoms with Crippen LogP contribution in [0, 0.1) is 0 Å². The van der Waals surface area contributed by atoms with Crippen LogP contribution < -0.4 is 5.32 Å². The van der Waals surface area contributed by atoms with Gasteiger partial charge < -0.3 is 5.32 Å². The quantitative estimate of drug-likeness (QED) is 0.872. The maximum atomic E-state index is 5.91. The van der Waals surface area contributed by atoms with Crippen molar-refractivity contribution in [1.82, 2.24) is 10.2 Å². The molecule has 0 aromatic heterocycles. The van der Waals surface area contributed by atoms with E-state index in [4.69, 9.17) is 11.6 Å². The molecule has 0 saturated carbocycles. The molecule has 0 unspecified atom stereocenters. The van der Waals surface area contributed by atoms with Crippen molar-refractivity contribution in [3.8, 4) is 0 Å². The zero-order chi connectivity index (χ0) is 14.4. The molecule has 2 aromatic carbocycles. The lowest BCUT2D eigenvalue weighted by Crippen LogP contribution is -2.17. The van der Waals surface area contributed by atoms with Crippen LogP contribution in [0.25, 0.3) is 0 Å². The SMILES string of the molecule is CNCc1cccc(CN(C)Cc2ccc(Cl)cc2)c1. The van der Waals surface area contributed by atoms with Crippen LogP contribution in [-0.4, -0.2) is 19.0 Å². The lowest BCUT2D eigenvalue weighted by molar-refractivity contribution is 0.319. The number of hydrogen-bond donors (Lipinski definition) is 1. The van der Waals surface area contributed by atoms with Gasteiger partial charge in [0.2, 0.25) is 0 Å². The molecule has 3 heteroatoms. The minimum atomic E-state index is 0.788. The number of benzene rings is 2. The Morgan fingerprint density at radius 2 is 1.60 bits per heavy atom. The molecule has 0 amide bonds. The average Bonchev–Trinajstić information content (AvgIpc) is 2.42. The smallest absolute Gasteiger partial charge is 0.0406 e. The first kappa shape index (κ1) is 15.0. The Bertz CT molecular complexity index is 537. The van der Waals surface area contributed by atoms with E-state index < -0.39 is 0 Å². The van der Waals surface area contributed by atoms with Gasteiger partial charge in [0.15, 0.2) is 0 Å². The van der Waals surface area contributed by atoms with Crippen LogP contribution >= 0.6 is 11.6 Å². The summed E-state index contributed by atoms with van der Waals surface area (Å²) in [5.74, 6) is 0. The first-order valence-corrected chi connectivity index (χ1v) is 7.20. The molecule has 2 nitrogen and oxygen atoms in total. The highest BCUT2D eigenvalue weighted by atomic mass is 35.5. The molecule has 0 radical (unpaired) electrons. The van der Waals surface area contributed by atoms with Gasteiger partial charge >= 0.3 is 0 Å². The Morgan fingerprint density at radius 3 is 2.30 bits per heavy atom. The summed E-state index contributed by atoms with van der Waals surface area (Å²) in [5.41, 5.74) is 3.95. The van der Waals surface area contributed by atoms with Gasteiger partial charge in [0, 0.05) is 24.7 Å². The second-order valence-corrected chi connectivity index (χ2v) is 5.59. The summed E-state index contributed by atoms with van der Waals surface area (Å²) in [7, 11) is 4.11. The monoisotopic (exact) mass is 288 g/mol. The van der Waals surface area contributed by atoms with Gasteiger partial charge in [-0.1, -0.05) is 48.0 Å². The molecule has 0 spiro atoms. The van der Waals surface area contributed by atoms with Crippen LogP contribution in [0.4, 0.5) is 0 Å². The van der Waals surface area contributed by atoms with Crippen molar-refractivity contribution in [3.63, 3.8) is 0 Å². The van der Waals surface area contributed by atoms with Crippen molar-refractivity contribution in [3.05, 3.63) is 70.2 Å². The fraction of sp³-hybridized carbons (Fsp3) is 0.294. The minimum Gasteiger partial charge on any atom is -0.316 e. The van der Waals surface area contributed by atoms with Crippen molar-refractivity contribution in [2.75, 3.05) is 14.1 Å². The van der Waals surface area contributed by atoms with Gasteiger partial charge in [0.05, 0.1) is 0 Å². The summed E-state index contributed by atoms with van der Waals surface area (Å²) in [4.78, 5) is 2.31. The molecule has 0 aliphatic carbocycles. The van der Waals surface area contributed by atoms with Crippen LogP contribution in [0.5, 0.6) is 0 Å². The second kappa shape index (κ2) is 7.44. The number of nitrogens with one attached hydrogen (secondary N) is 1. The molecule has 0 bridgehead atoms. The Kier molecular flexibility index (Phi) is 5.60. The first-order chi connectivity index (χ1) is 9.67. The number of nitrogens with zero attached hydrogens (tertiary/aromatic N) is 1. The Hall–Kier alpha value is -1.35. The lowest BCUT2D eigenvalue weighted by Gasteiger charge is -2.17. The number of halogens is 1. The van der Waals surface area contributed by atoms with E-state index >= 15 is 0 Å². The summed E-state index contributed by atoms with van der Waals surface area (Å²) in [5, 5.41) is 3.97. The van der Waals surface area contributed by atoms with Crippen LogP contribution in [-0.2, 0) is 19.6 Å². The van der Waals surface area contributed by atoms with Crippen LogP contribution in [0.2, 0.25) is 5.02 Å². The van der Waals surface area contributed by atoms with Crippen LogP contribution in [0.3, 0.4) is 0 Å². The summed E-state index contributed by atoms with van der Waals surface area (Å²) in [6.07, 6.45) is 0. The number of rotatable bonds is 6.